The van der Waals surface area contributed by atoms with Crippen molar-refractivity contribution < 1.29 is 13.9 Å². The molecule has 28 heavy (non-hydrogen) atoms. The van der Waals surface area contributed by atoms with E-state index in [4.69, 9.17) is 4.74 Å². The monoisotopic (exact) mass is 391 g/mol. The van der Waals surface area contributed by atoms with Gasteiger partial charge in [-0.3, -0.25) is 9.69 Å². The molecule has 156 valence electrons. The van der Waals surface area contributed by atoms with Gasteiger partial charge in [-0.1, -0.05) is 26.2 Å². The molecule has 0 aromatic heterocycles. The first-order valence-electron chi connectivity index (χ1n) is 10.7. The molecular weight excluding hydrogens is 357 g/mol. The quantitative estimate of drug-likeness (QED) is 0.776. The summed E-state index contributed by atoms with van der Waals surface area (Å²) >= 11 is 0. The van der Waals surface area contributed by atoms with Gasteiger partial charge >= 0.3 is 0 Å². The zero-order valence-electron chi connectivity index (χ0n) is 17.3. The molecular formula is C22H34FN3O2. The molecule has 1 N–H and O–H groups in total. The summed E-state index contributed by atoms with van der Waals surface area (Å²) in [6, 6.07) is 5.84. The van der Waals surface area contributed by atoms with Crippen molar-refractivity contribution in [3.05, 3.63) is 30.1 Å². The fraction of sp³-hybridized carbons (Fsp3) is 0.682. The molecule has 3 rings (SSSR count). The van der Waals surface area contributed by atoms with E-state index in [1.54, 1.807) is 12.1 Å². The van der Waals surface area contributed by atoms with Gasteiger partial charge < -0.3 is 15.0 Å². The standard InChI is InChI=1S/C22H34FN3O2/c1-3-20(28-19-9-7-18(23)8-10-19)21(27)24-17-22(11-5-4-6-12-22)26-15-13-25(2)14-16-26/h7-10,20H,3-6,11-17H2,1-2H3,(H,24,27)/t20-/m0/s1. The van der Waals surface area contributed by atoms with Crippen molar-refractivity contribution in [2.45, 2.75) is 57.1 Å². The molecule has 0 unspecified atom stereocenters. The van der Waals surface area contributed by atoms with Crippen LogP contribution in [-0.4, -0.2) is 67.1 Å². The number of nitrogens with zero attached hydrogens (tertiary/aromatic N) is 2. The fourth-order valence-corrected chi connectivity index (χ4v) is 4.46. The predicted octanol–water partition coefficient (Wildman–Crippen LogP) is 3.05. The lowest BCUT2D eigenvalue weighted by molar-refractivity contribution is -0.129. The molecule has 0 radical (unpaired) electrons. The van der Waals surface area contributed by atoms with Crippen LogP contribution in [0.3, 0.4) is 0 Å². The Labute approximate surface area is 168 Å². The molecule has 1 aromatic carbocycles. The van der Waals surface area contributed by atoms with Crippen molar-refractivity contribution in [1.29, 1.82) is 0 Å². The molecule has 2 aliphatic rings. The molecule has 1 amide bonds. The van der Waals surface area contributed by atoms with Crippen LogP contribution in [0.1, 0.15) is 45.4 Å². The average molecular weight is 392 g/mol. The minimum Gasteiger partial charge on any atom is -0.481 e. The molecule has 6 heteroatoms. The van der Waals surface area contributed by atoms with E-state index in [0.717, 1.165) is 39.0 Å². The number of hydrogen-bond donors (Lipinski definition) is 1. The van der Waals surface area contributed by atoms with Crippen molar-refractivity contribution in [3.8, 4) is 5.75 Å². The molecule has 1 saturated heterocycles. The van der Waals surface area contributed by atoms with E-state index in [1.165, 1.54) is 31.4 Å². The van der Waals surface area contributed by atoms with E-state index >= 15 is 0 Å². The molecule has 0 spiro atoms. The zero-order chi connectivity index (χ0) is 20.0. The number of hydrogen-bond acceptors (Lipinski definition) is 4. The molecule has 1 aliphatic carbocycles. The van der Waals surface area contributed by atoms with Crippen LogP contribution in [0, 0.1) is 5.82 Å². The molecule has 0 bridgehead atoms. The first-order chi connectivity index (χ1) is 13.5. The van der Waals surface area contributed by atoms with Crippen LogP contribution < -0.4 is 10.1 Å². The maximum atomic E-state index is 13.1. The van der Waals surface area contributed by atoms with Crippen molar-refractivity contribution in [3.63, 3.8) is 0 Å². The highest BCUT2D eigenvalue weighted by Crippen LogP contribution is 2.34. The molecule has 1 heterocycles. The number of rotatable bonds is 7. The highest BCUT2D eigenvalue weighted by molar-refractivity contribution is 5.81. The molecule has 1 saturated carbocycles. The fourth-order valence-electron chi connectivity index (χ4n) is 4.46. The maximum absolute atomic E-state index is 13.1. The third-order valence-corrected chi connectivity index (χ3v) is 6.31. The van der Waals surface area contributed by atoms with E-state index in [9.17, 15) is 9.18 Å². The lowest BCUT2D eigenvalue weighted by atomic mass is 9.79. The predicted molar refractivity (Wildman–Crippen MR) is 109 cm³/mol. The number of benzene rings is 1. The van der Waals surface area contributed by atoms with Gasteiger partial charge in [0.1, 0.15) is 11.6 Å². The Morgan fingerprint density at radius 1 is 1.14 bits per heavy atom. The summed E-state index contributed by atoms with van der Waals surface area (Å²) < 4.78 is 18.9. The second-order valence-corrected chi connectivity index (χ2v) is 8.26. The van der Waals surface area contributed by atoms with Crippen molar-refractivity contribution >= 4 is 5.91 Å². The summed E-state index contributed by atoms with van der Waals surface area (Å²) in [7, 11) is 2.17. The topological polar surface area (TPSA) is 44.8 Å². The zero-order valence-corrected chi connectivity index (χ0v) is 17.3. The minimum absolute atomic E-state index is 0.0728. The Balaban J connectivity index is 1.61. The second kappa shape index (κ2) is 9.70. The smallest absolute Gasteiger partial charge is 0.261 e. The highest BCUT2D eigenvalue weighted by Gasteiger charge is 2.39. The number of halogens is 1. The van der Waals surface area contributed by atoms with Gasteiger partial charge in [0.2, 0.25) is 0 Å². The Morgan fingerprint density at radius 2 is 1.79 bits per heavy atom. The molecule has 5 nitrogen and oxygen atoms in total. The van der Waals surface area contributed by atoms with Gasteiger partial charge in [-0.05, 0) is 50.6 Å². The van der Waals surface area contributed by atoms with Crippen LogP contribution >= 0.6 is 0 Å². The normalized spacial score (nSPS) is 21.8. The Bertz CT molecular complexity index is 623. The summed E-state index contributed by atoms with van der Waals surface area (Å²) in [6.45, 7) is 6.91. The minimum atomic E-state index is -0.557. The highest BCUT2D eigenvalue weighted by atomic mass is 19.1. The van der Waals surface area contributed by atoms with Crippen LogP contribution in [0.25, 0.3) is 0 Å². The van der Waals surface area contributed by atoms with E-state index in [-0.39, 0.29) is 17.3 Å². The van der Waals surface area contributed by atoms with E-state index < -0.39 is 6.10 Å². The number of likely N-dealkylation sites (N-methyl/N-ethyl adjacent to an activating group) is 1. The summed E-state index contributed by atoms with van der Waals surface area (Å²) in [5.74, 6) is 0.136. The number of amides is 1. The van der Waals surface area contributed by atoms with E-state index in [1.807, 2.05) is 6.92 Å². The van der Waals surface area contributed by atoms with Crippen molar-refractivity contribution in [2.75, 3.05) is 39.8 Å². The lowest BCUT2D eigenvalue weighted by Gasteiger charge is -2.49. The number of carbonyl (C=O) groups excluding carboxylic acids is 1. The molecule has 1 aliphatic heterocycles. The Kier molecular flexibility index (Phi) is 7.30. The van der Waals surface area contributed by atoms with Gasteiger partial charge in [0.15, 0.2) is 6.10 Å². The van der Waals surface area contributed by atoms with Crippen LogP contribution in [0.2, 0.25) is 0 Å². The number of piperazine rings is 1. The Hall–Kier alpha value is -1.66. The largest absolute Gasteiger partial charge is 0.481 e. The summed E-state index contributed by atoms with van der Waals surface area (Å²) in [6.07, 6.45) is 6.05. The third-order valence-electron chi connectivity index (χ3n) is 6.31. The summed E-state index contributed by atoms with van der Waals surface area (Å²) in [5.41, 5.74) is 0.0728. The van der Waals surface area contributed by atoms with Gasteiger partial charge in [-0.2, -0.15) is 0 Å². The van der Waals surface area contributed by atoms with Gasteiger partial charge in [0.25, 0.3) is 5.91 Å². The van der Waals surface area contributed by atoms with Crippen LogP contribution in [0.15, 0.2) is 24.3 Å². The number of ether oxygens (including phenoxy) is 1. The lowest BCUT2D eigenvalue weighted by Crippen LogP contribution is -2.62. The summed E-state index contributed by atoms with van der Waals surface area (Å²) in [5, 5.41) is 3.19. The van der Waals surface area contributed by atoms with E-state index in [0.29, 0.717) is 18.7 Å². The summed E-state index contributed by atoms with van der Waals surface area (Å²) in [4.78, 5) is 17.8. The van der Waals surface area contributed by atoms with Crippen molar-refractivity contribution in [2.24, 2.45) is 0 Å². The van der Waals surface area contributed by atoms with E-state index in [2.05, 4.69) is 22.2 Å². The Morgan fingerprint density at radius 3 is 2.39 bits per heavy atom. The SMILES string of the molecule is CC[C@H](Oc1ccc(F)cc1)C(=O)NCC1(N2CCN(C)CC2)CCCCC1. The van der Waals surface area contributed by atoms with Gasteiger partial charge in [-0.15, -0.1) is 0 Å². The van der Waals surface area contributed by atoms with Crippen LogP contribution in [0.5, 0.6) is 5.75 Å². The third kappa shape index (κ3) is 5.23. The second-order valence-electron chi connectivity index (χ2n) is 8.26. The number of carbonyl (C=O) groups is 1. The maximum Gasteiger partial charge on any atom is 0.261 e. The average Bonchev–Trinajstić information content (AvgIpc) is 2.73. The number of nitrogens with one attached hydrogen (secondary N) is 1. The molecule has 1 atom stereocenters. The van der Waals surface area contributed by atoms with Gasteiger partial charge in [-0.25, -0.2) is 4.39 Å². The first kappa shape index (κ1) is 21.1. The first-order valence-corrected chi connectivity index (χ1v) is 10.7. The van der Waals surface area contributed by atoms with Crippen molar-refractivity contribution in [1.82, 2.24) is 15.1 Å². The van der Waals surface area contributed by atoms with Gasteiger partial charge in [0.05, 0.1) is 0 Å². The molecule has 1 aromatic rings. The van der Waals surface area contributed by atoms with Crippen LogP contribution in [-0.2, 0) is 4.79 Å². The molecule has 2 fully saturated rings. The van der Waals surface area contributed by atoms with Gasteiger partial charge in [0, 0.05) is 38.3 Å². The van der Waals surface area contributed by atoms with Crippen LogP contribution in [0.4, 0.5) is 4.39 Å².